The first-order valence-electron chi connectivity index (χ1n) is 5.50. The van der Waals surface area contributed by atoms with Crippen LogP contribution in [0.25, 0.3) is 0 Å². The first-order valence-corrected chi connectivity index (χ1v) is 6.26. The number of aromatic nitrogens is 2. The molecule has 0 aliphatic heterocycles. The Kier molecular flexibility index (Phi) is 4.64. The molecule has 0 radical (unpaired) electrons. The highest BCUT2D eigenvalue weighted by Crippen LogP contribution is 2.27. The SMILES string of the molecule is FC(F)(F)c1ccnc(N/N=C/c2ccc(Cl)cc2Cl)n1. The topological polar surface area (TPSA) is 50.2 Å². The summed E-state index contributed by atoms with van der Waals surface area (Å²) in [4.78, 5) is 6.93. The van der Waals surface area contributed by atoms with Crippen LogP contribution in [-0.2, 0) is 6.18 Å². The van der Waals surface area contributed by atoms with E-state index in [-0.39, 0.29) is 5.95 Å². The van der Waals surface area contributed by atoms with Crippen LogP contribution in [0.1, 0.15) is 11.3 Å². The maximum absolute atomic E-state index is 12.5. The smallest absolute Gasteiger partial charge is 0.245 e. The molecule has 2 rings (SSSR count). The molecule has 0 amide bonds. The summed E-state index contributed by atoms with van der Waals surface area (Å²) in [5.74, 6) is -0.272. The van der Waals surface area contributed by atoms with Crippen LogP contribution in [0.2, 0.25) is 10.0 Å². The van der Waals surface area contributed by atoms with Crippen molar-refractivity contribution in [3.8, 4) is 0 Å². The molecule has 21 heavy (non-hydrogen) atoms. The molecule has 0 aliphatic rings. The molecule has 0 bridgehead atoms. The minimum Gasteiger partial charge on any atom is -0.245 e. The highest BCUT2D eigenvalue weighted by molar-refractivity contribution is 6.36. The molecule has 1 aromatic carbocycles. The van der Waals surface area contributed by atoms with E-state index in [4.69, 9.17) is 23.2 Å². The zero-order chi connectivity index (χ0) is 15.5. The molecule has 0 fully saturated rings. The molecule has 1 heterocycles. The number of benzene rings is 1. The minimum absolute atomic E-state index is 0.272. The molecular formula is C12H7Cl2F3N4. The summed E-state index contributed by atoms with van der Waals surface area (Å²) in [6, 6.07) is 5.51. The summed E-state index contributed by atoms with van der Waals surface area (Å²) in [5.41, 5.74) is 1.79. The number of nitrogens with one attached hydrogen (secondary N) is 1. The largest absolute Gasteiger partial charge is 0.433 e. The number of hydrogen-bond donors (Lipinski definition) is 1. The number of alkyl halides is 3. The molecule has 4 nitrogen and oxygen atoms in total. The van der Waals surface area contributed by atoms with Gasteiger partial charge in [-0.05, 0) is 18.2 Å². The molecule has 0 aliphatic carbocycles. The monoisotopic (exact) mass is 334 g/mol. The first-order chi connectivity index (χ1) is 9.86. The number of nitrogens with zero attached hydrogens (tertiary/aromatic N) is 3. The van der Waals surface area contributed by atoms with Gasteiger partial charge in [-0.25, -0.2) is 15.4 Å². The zero-order valence-corrected chi connectivity index (χ0v) is 11.7. The average molecular weight is 335 g/mol. The molecule has 0 unspecified atom stereocenters. The van der Waals surface area contributed by atoms with Gasteiger partial charge in [-0.3, -0.25) is 0 Å². The van der Waals surface area contributed by atoms with E-state index in [9.17, 15) is 13.2 Å². The van der Waals surface area contributed by atoms with Crippen molar-refractivity contribution in [2.45, 2.75) is 6.18 Å². The standard InChI is InChI=1S/C12H7Cl2F3N4/c13-8-2-1-7(9(14)5-8)6-19-21-11-18-4-3-10(20-11)12(15,16)17/h1-6H,(H,18,20,21)/b19-6+. The molecule has 1 aromatic heterocycles. The van der Waals surface area contributed by atoms with Crippen molar-refractivity contribution < 1.29 is 13.2 Å². The Labute approximate surface area is 127 Å². The van der Waals surface area contributed by atoms with E-state index in [2.05, 4.69) is 20.5 Å². The highest BCUT2D eigenvalue weighted by Gasteiger charge is 2.32. The lowest BCUT2D eigenvalue weighted by Gasteiger charge is -2.06. The van der Waals surface area contributed by atoms with Gasteiger partial charge in [0.25, 0.3) is 0 Å². The molecule has 110 valence electrons. The van der Waals surface area contributed by atoms with Crippen molar-refractivity contribution in [1.29, 1.82) is 0 Å². The molecule has 9 heteroatoms. The van der Waals surface area contributed by atoms with Crippen LogP contribution < -0.4 is 5.43 Å². The third-order valence-corrected chi connectivity index (χ3v) is 2.84. The van der Waals surface area contributed by atoms with E-state index >= 15 is 0 Å². The Morgan fingerprint density at radius 3 is 2.62 bits per heavy atom. The van der Waals surface area contributed by atoms with E-state index in [0.29, 0.717) is 15.6 Å². The van der Waals surface area contributed by atoms with Crippen LogP contribution in [0, 0.1) is 0 Å². The van der Waals surface area contributed by atoms with Crippen LogP contribution >= 0.6 is 23.2 Å². The van der Waals surface area contributed by atoms with Gasteiger partial charge in [0, 0.05) is 16.8 Å². The fraction of sp³-hybridized carbons (Fsp3) is 0.0833. The van der Waals surface area contributed by atoms with Crippen molar-refractivity contribution in [2.75, 3.05) is 5.43 Å². The maximum Gasteiger partial charge on any atom is 0.433 e. The quantitative estimate of drug-likeness (QED) is 0.674. The number of hydrogen-bond acceptors (Lipinski definition) is 4. The Morgan fingerprint density at radius 1 is 1.19 bits per heavy atom. The van der Waals surface area contributed by atoms with Gasteiger partial charge in [-0.15, -0.1) is 0 Å². The number of hydrazone groups is 1. The third-order valence-electron chi connectivity index (χ3n) is 2.28. The van der Waals surface area contributed by atoms with Crippen LogP contribution in [0.4, 0.5) is 19.1 Å². The van der Waals surface area contributed by atoms with E-state index < -0.39 is 11.9 Å². The maximum atomic E-state index is 12.5. The summed E-state index contributed by atoms with van der Waals surface area (Å²) in [7, 11) is 0. The van der Waals surface area contributed by atoms with Gasteiger partial charge < -0.3 is 0 Å². The molecule has 1 N–H and O–H groups in total. The van der Waals surface area contributed by atoms with Gasteiger partial charge in [0.2, 0.25) is 5.95 Å². The van der Waals surface area contributed by atoms with Gasteiger partial charge in [0.05, 0.1) is 11.2 Å². The van der Waals surface area contributed by atoms with E-state index in [1.165, 1.54) is 12.3 Å². The Morgan fingerprint density at radius 2 is 1.95 bits per heavy atom. The number of halogens is 5. The third kappa shape index (κ3) is 4.30. The highest BCUT2D eigenvalue weighted by atomic mass is 35.5. The Bertz CT molecular complexity index is 674. The molecule has 0 atom stereocenters. The average Bonchev–Trinajstić information content (AvgIpc) is 2.41. The summed E-state index contributed by atoms with van der Waals surface area (Å²) < 4.78 is 37.4. The second kappa shape index (κ2) is 6.28. The van der Waals surface area contributed by atoms with Crippen molar-refractivity contribution in [3.63, 3.8) is 0 Å². The molecule has 0 saturated heterocycles. The molecular weight excluding hydrogens is 328 g/mol. The minimum atomic E-state index is -4.54. The lowest BCUT2D eigenvalue weighted by Crippen LogP contribution is -2.09. The van der Waals surface area contributed by atoms with Crippen molar-refractivity contribution in [3.05, 3.63) is 51.8 Å². The second-order valence-corrected chi connectivity index (χ2v) is 4.64. The predicted octanol–water partition coefficient (Wildman–Crippen LogP) is 4.25. The van der Waals surface area contributed by atoms with Crippen LogP contribution in [0.5, 0.6) is 0 Å². The van der Waals surface area contributed by atoms with Gasteiger partial charge in [-0.2, -0.15) is 18.3 Å². The lowest BCUT2D eigenvalue weighted by atomic mass is 10.2. The number of anilines is 1. The fourth-order valence-corrected chi connectivity index (χ4v) is 1.79. The van der Waals surface area contributed by atoms with Gasteiger partial charge in [-0.1, -0.05) is 29.3 Å². The lowest BCUT2D eigenvalue weighted by molar-refractivity contribution is -0.141. The van der Waals surface area contributed by atoms with Crippen molar-refractivity contribution in [2.24, 2.45) is 5.10 Å². The van der Waals surface area contributed by atoms with E-state index in [1.54, 1.807) is 12.1 Å². The van der Waals surface area contributed by atoms with E-state index in [0.717, 1.165) is 12.3 Å². The Hall–Kier alpha value is -1.86. The zero-order valence-electron chi connectivity index (χ0n) is 10.2. The predicted molar refractivity (Wildman–Crippen MR) is 74.7 cm³/mol. The molecule has 0 saturated carbocycles. The van der Waals surface area contributed by atoms with Crippen molar-refractivity contribution >= 4 is 35.4 Å². The second-order valence-electron chi connectivity index (χ2n) is 3.80. The summed E-state index contributed by atoms with van der Waals surface area (Å²) in [6.45, 7) is 0. The summed E-state index contributed by atoms with van der Waals surface area (Å²) >= 11 is 11.6. The summed E-state index contributed by atoms with van der Waals surface area (Å²) in [6.07, 6.45) is -2.23. The molecule has 0 spiro atoms. The van der Waals surface area contributed by atoms with Gasteiger partial charge in [0.15, 0.2) is 0 Å². The van der Waals surface area contributed by atoms with Gasteiger partial charge >= 0.3 is 6.18 Å². The van der Waals surface area contributed by atoms with Crippen molar-refractivity contribution in [1.82, 2.24) is 9.97 Å². The Balaban J connectivity index is 2.11. The number of rotatable bonds is 3. The fourth-order valence-electron chi connectivity index (χ4n) is 1.34. The van der Waals surface area contributed by atoms with Crippen LogP contribution in [0.15, 0.2) is 35.6 Å². The van der Waals surface area contributed by atoms with E-state index in [1.807, 2.05) is 0 Å². The van der Waals surface area contributed by atoms with Crippen LogP contribution in [-0.4, -0.2) is 16.2 Å². The molecule has 2 aromatic rings. The summed E-state index contributed by atoms with van der Waals surface area (Å²) in [5, 5.41) is 4.55. The first kappa shape index (κ1) is 15.5. The van der Waals surface area contributed by atoms with Crippen LogP contribution in [0.3, 0.4) is 0 Å². The normalized spacial score (nSPS) is 11.9. The van der Waals surface area contributed by atoms with Gasteiger partial charge in [0.1, 0.15) is 5.69 Å².